The fraction of sp³-hybridized carbons (Fsp3) is 0.455. The second-order valence-corrected chi connectivity index (χ2v) is 7.73. The Morgan fingerprint density at radius 2 is 2.07 bits per heavy atom. The lowest BCUT2D eigenvalue weighted by molar-refractivity contribution is -0.0151. The van der Waals surface area contributed by atoms with Crippen LogP contribution in [0.4, 0.5) is 0 Å². The summed E-state index contributed by atoms with van der Waals surface area (Å²) in [5, 5.41) is 4.00. The number of likely N-dealkylation sites (tertiary alicyclic amines) is 1. The molecular weight excluding hydrogens is 354 g/mol. The van der Waals surface area contributed by atoms with Crippen molar-refractivity contribution in [1.29, 1.82) is 0 Å². The Morgan fingerprint density at radius 3 is 2.82 bits per heavy atom. The van der Waals surface area contributed by atoms with Gasteiger partial charge in [-0.05, 0) is 42.5 Å². The Labute approximate surface area is 165 Å². The van der Waals surface area contributed by atoms with E-state index in [1.54, 1.807) is 18.6 Å². The summed E-state index contributed by atoms with van der Waals surface area (Å²) in [7, 11) is 0. The first-order valence-corrected chi connectivity index (χ1v) is 9.95. The van der Waals surface area contributed by atoms with E-state index in [1.165, 1.54) is 11.1 Å². The quantitative estimate of drug-likeness (QED) is 0.594. The fourth-order valence-corrected chi connectivity index (χ4v) is 3.57. The van der Waals surface area contributed by atoms with Crippen molar-refractivity contribution in [3.05, 3.63) is 59.8 Å². The smallest absolute Gasteiger partial charge is 0.261 e. The Balaban J connectivity index is 1.28. The SMILES string of the molecule is CC(C)c1ccc(CN2CCCC(OCc3noc(-c4ccoc4)n3)C2)cc1. The third-order valence-corrected chi connectivity index (χ3v) is 5.20. The number of aromatic nitrogens is 2. The van der Waals surface area contributed by atoms with Gasteiger partial charge in [0.05, 0.1) is 17.9 Å². The maximum Gasteiger partial charge on any atom is 0.261 e. The highest BCUT2D eigenvalue weighted by molar-refractivity contribution is 5.49. The molecule has 0 bridgehead atoms. The van der Waals surface area contributed by atoms with Crippen LogP contribution in [0.1, 0.15) is 49.6 Å². The number of piperidine rings is 1. The van der Waals surface area contributed by atoms with Crippen molar-refractivity contribution in [1.82, 2.24) is 15.0 Å². The summed E-state index contributed by atoms with van der Waals surface area (Å²) in [4.78, 5) is 6.83. The van der Waals surface area contributed by atoms with Crippen molar-refractivity contribution >= 4 is 0 Å². The van der Waals surface area contributed by atoms with Crippen molar-refractivity contribution in [2.75, 3.05) is 13.1 Å². The van der Waals surface area contributed by atoms with Gasteiger partial charge in [0.25, 0.3) is 5.89 Å². The number of furan rings is 1. The Kier molecular flexibility index (Phi) is 5.88. The number of hydrogen-bond donors (Lipinski definition) is 0. The van der Waals surface area contributed by atoms with E-state index in [-0.39, 0.29) is 6.10 Å². The molecule has 2 aromatic heterocycles. The highest BCUT2D eigenvalue weighted by Crippen LogP contribution is 2.21. The van der Waals surface area contributed by atoms with Crippen LogP contribution in [0.3, 0.4) is 0 Å². The molecule has 1 aliphatic heterocycles. The van der Waals surface area contributed by atoms with Crippen molar-refractivity contribution in [3.63, 3.8) is 0 Å². The Bertz CT molecular complexity index is 856. The summed E-state index contributed by atoms with van der Waals surface area (Å²) in [6.45, 7) is 7.82. The molecule has 1 aliphatic rings. The maximum atomic E-state index is 6.07. The molecule has 1 aromatic carbocycles. The molecule has 0 aliphatic carbocycles. The van der Waals surface area contributed by atoms with Crippen molar-refractivity contribution in [3.8, 4) is 11.5 Å². The van der Waals surface area contributed by atoms with Crippen molar-refractivity contribution in [2.45, 2.75) is 51.9 Å². The highest BCUT2D eigenvalue weighted by atomic mass is 16.5. The second-order valence-electron chi connectivity index (χ2n) is 7.73. The molecule has 3 aromatic rings. The molecule has 1 saturated heterocycles. The highest BCUT2D eigenvalue weighted by Gasteiger charge is 2.21. The molecule has 6 heteroatoms. The average Bonchev–Trinajstić information content (AvgIpc) is 3.39. The molecule has 1 fully saturated rings. The molecule has 4 rings (SSSR count). The molecule has 3 heterocycles. The first-order chi connectivity index (χ1) is 13.7. The van der Waals surface area contributed by atoms with Gasteiger partial charge in [0, 0.05) is 13.1 Å². The number of ether oxygens (including phenoxy) is 1. The van der Waals surface area contributed by atoms with Gasteiger partial charge in [0.2, 0.25) is 0 Å². The van der Waals surface area contributed by atoms with Crippen LogP contribution in [0, 0.1) is 0 Å². The zero-order valence-corrected chi connectivity index (χ0v) is 16.5. The molecule has 1 unspecified atom stereocenters. The largest absolute Gasteiger partial charge is 0.472 e. The number of benzene rings is 1. The van der Waals surface area contributed by atoms with E-state index < -0.39 is 0 Å². The van der Waals surface area contributed by atoms with Crippen LogP contribution in [0.25, 0.3) is 11.5 Å². The van der Waals surface area contributed by atoms with E-state index in [0.29, 0.717) is 24.2 Å². The summed E-state index contributed by atoms with van der Waals surface area (Å²) in [5.74, 6) is 1.60. The van der Waals surface area contributed by atoms with Crippen LogP contribution in [0.15, 0.2) is 51.8 Å². The normalized spacial score (nSPS) is 18.0. The third kappa shape index (κ3) is 4.69. The summed E-state index contributed by atoms with van der Waals surface area (Å²) in [6.07, 6.45) is 5.57. The zero-order valence-electron chi connectivity index (χ0n) is 16.5. The minimum Gasteiger partial charge on any atom is -0.472 e. The molecule has 28 heavy (non-hydrogen) atoms. The molecule has 0 amide bonds. The lowest BCUT2D eigenvalue weighted by Crippen LogP contribution is -2.39. The minimum absolute atomic E-state index is 0.194. The van der Waals surface area contributed by atoms with Crippen LogP contribution >= 0.6 is 0 Å². The van der Waals surface area contributed by atoms with E-state index in [9.17, 15) is 0 Å². The topological polar surface area (TPSA) is 64.5 Å². The Morgan fingerprint density at radius 1 is 1.21 bits per heavy atom. The summed E-state index contributed by atoms with van der Waals surface area (Å²) in [5.41, 5.74) is 3.53. The average molecular weight is 381 g/mol. The van der Waals surface area contributed by atoms with Crippen molar-refractivity contribution < 1.29 is 13.7 Å². The van der Waals surface area contributed by atoms with Gasteiger partial charge < -0.3 is 13.7 Å². The van der Waals surface area contributed by atoms with Crippen LogP contribution < -0.4 is 0 Å². The summed E-state index contributed by atoms with van der Waals surface area (Å²) < 4.78 is 16.4. The van der Waals surface area contributed by atoms with Crippen LogP contribution in [0.5, 0.6) is 0 Å². The van der Waals surface area contributed by atoms with Gasteiger partial charge >= 0.3 is 0 Å². The second kappa shape index (κ2) is 8.71. The lowest BCUT2D eigenvalue weighted by atomic mass is 10.0. The van der Waals surface area contributed by atoms with Crippen LogP contribution in [-0.4, -0.2) is 34.2 Å². The molecule has 1 atom stereocenters. The van der Waals surface area contributed by atoms with E-state index in [2.05, 4.69) is 53.2 Å². The van der Waals surface area contributed by atoms with E-state index in [0.717, 1.165) is 38.0 Å². The molecule has 6 nitrogen and oxygen atoms in total. The standard InChI is InChI=1S/C22H27N3O3/c1-16(2)18-7-5-17(6-8-18)12-25-10-3-4-20(13-25)27-15-21-23-22(28-24-21)19-9-11-26-14-19/h5-9,11,14,16,20H,3-4,10,12-13,15H2,1-2H3. The summed E-state index contributed by atoms with van der Waals surface area (Å²) >= 11 is 0. The molecular formula is C22H27N3O3. The molecule has 148 valence electrons. The predicted octanol–water partition coefficient (Wildman–Crippen LogP) is 4.63. The fourth-order valence-electron chi connectivity index (χ4n) is 3.57. The molecule has 0 radical (unpaired) electrons. The minimum atomic E-state index is 0.194. The number of nitrogens with zero attached hydrogens (tertiary/aromatic N) is 3. The Hall–Kier alpha value is -2.44. The molecule has 0 N–H and O–H groups in total. The van der Waals surface area contributed by atoms with Gasteiger partial charge in [-0.15, -0.1) is 0 Å². The number of hydrogen-bond acceptors (Lipinski definition) is 6. The van der Waals surface area contributed by atoms with E-state index in [4.69, 9.17) is 13.7 Å². The van der Waals surface area contributed by atoms with Crippen LogP contribution in [0.2, 0.25) is 0 Å². The maximum absolute atomic E-state index is 6.07. The van der Waals surface area contributed by atoms with Gasteiger partial charge in [-0.1, -0.05) is 43.3 Å². The number of rotatable bonds is 7. The molecule has 0 saturated carbocycles. The predicted molar refractivity (Wildman–Crippen MR) is 106 cm³/mol. The van der Waals surface area contributed by atoms with Gasteiger partial charge in [0.15, 0.2) is 5.82 Å². The zero-order chi connectivity index (χ0) is 19.3. The van der Waals surface area contributed by atoms with Gasteiger partial charge in [-0.25, -0.2) is 0 Å². The lowest BCUT2D eigenvalue weighted by Gasteiger charge is -2.32. The van der Waals surface area contributed by atoms with Gasteiger partial charge in [0.1, 0.15) is 12.9 Å². The van der Waals surface area contributed by atoms with Crippen molar-refractivity contribution in [2.24, 2.45) is 0 Å². The van der Waals surface area contributed by atoms with Gasteiger partial charge in [-0.3, -0.25) is 4.90 Å². The first-order valence-electron chi connectivity index (χ1n) is 9.95. The summed E-state index contributed by atoms with van der Waals surface area (Å²) in [6, 6.07) is 10.8. The third-order valence-electron chi connectivity index (χ3n) is 5.20. The van der Waals surface area contributed by atoms with E-state index >= 15 is 0 Å². The monoisotopic (exact) mass is 381 g/mol. The van der Waals surface area contributed by atoms with Gasteiger partial charge in [-0.2, -0.15) is 4.98 Å². The first kappa shape index (κ1) is 18.9. The van der Waals surface area contributed by atoms with E-state index in [1.807, 2.05) is 0 Å². The van der Waals surface area contributed by atoms with Crippen LogP contribution in [-0.2, 0) is 17.9 Å². The molecule has 0 spiro atoms.